The van der Waals surface area contributed by atoms with Gasteiger partial charge in [-0.25, -0.2) is 0 Å². The zero-order chi connectivity index (χ0) is 36.6. The monoisotopic (exact) mass is 709 g/mol. The molecule has 0 spiro atoms. The summed E-state index contributed by atoms with van der Waals surface area (Å²) in [7, 11) is 0. The number of unbranched alkanes of at least 4 members (excludes halogenated alkanes) is 31. The summed E-state index contributed by atoms with van der Waals surface area (Å²) < 4.78 is 10.4. The topological polar surface area (TPSA) is 72.8 Å². The molecule has 0 rings (SSSR count). The number of rotatable bonds is 41. The molecule has 0 radical (unpaired) electrons. The Labute approximate surface area is 312 Å². The van der Waals surface area contributed by atoms with Crippen LogP contribution in [0.25, 0.3) is 0 Å². The largest absolute Gasteiger partial charge is 0.463 e. The lowest BCUT2D eigenvalue weighted by atomic mass is 10.0. The average molecular weight is 709 g/mol. The van der Waals surface area contributed by atoms with Gasteiger partial charge in [-0.2, -0.15) is 0 Å². The Hall–Kier alpha value is -1.10. The van der Waals surface area contributed by atoms with Gasteiger partial charge in [0.05, 0.1) is 0 Å². The van der Waals surface area contributed by atoms with E-state index in [-0.39, 0.29) is 25.2 Å². The van der Waals surface area contributed by atoms with E-state index in [1.54, 1.807) is 0 Å². The first-order valence-electron chi connectivity index (χ1n) is 22.4. The van der Waals surface area contributed by atoms with Gasteiger partial charge in [-0.15, -0.1) is 0 Å². The Morgan fingerprint density at radius 1 is 0.400 bits per heavy atom. The zero-order valence-electron chi connectivity index (χ0n) is 34.1. The van der Waals surface area contributed by atoms with Crippen LogP contribution in [-0.4, -0.2) is 36.4 Å². The summed E-state index contributed by atoms with van der Waals surface area (Å²) in [5.74, 6) is 0.318. The van der Waals surface area contributed by atoms with Gasteiger partial charge in [-0.05, 0) is 18.8 Å². The van der Waals surface area contributed by atoms with Gasteiger partial charge >= 0.3 is 11.9 Å². The van der Waals surface area contributed by atoms with Crippen molar-refractivity contribution in [1.82, 2.24) is 0 Å². The fourth-order valence-electron chi connectivity index (χ4n) is 6.86. The summed E-state index contributed by atoms with van der Waals surface area (Å²) in [6.45, 7) is 6.71. The van der Waals surface area contributed by atoms with Gasteiger partial charge in [0, 0.05) is 12.8 Å². The van der Waals surface area contributed by atoms with Crippen LogP contribution in [0, 0.1) is 5.92 Å². The molecule has 0 fully saturated rings. The normalized spacial score (nSPS) is 12.1. The van der Waals surface area contributed by atoms with E-state index >= 15 is 0 Å². The fraction of sp³-hybridized carbons (Fsp3) is 0.956. The Balaban J connectivity index is 3.35. The van der Waals surface area contributed by atoms with Crippen molar-refractivity contribution in [3.05, 3.63) is 0 Å². The highest BCUT2D eigenvalue weighted by molar-refractivity contribution is 5.69. The Kier molecular flexibility index (Phi) is 39.8. The SMILES string of the molecule is CCCCCCCCCCCCCCCCCC(=O)OC[C@@H](O)COC(=O)CCCCCCCCCCCCCCCCCCCCC(C)C. The van der Waals surface area contributed by atoms with Crippen LogP contribution in [0.1, 0.15) is 252 Å². The lowest BCUT2D eigenvalue weighted by Crippen LogP contribution is -2.25. The third-order valence-electron chi connectivity index (χ3n) is 10.3. The van der Waals surface area contributed by atoms with Crippen molar-refractivity contribution in [3.63, 3.8) is 0 Å². The minimum atomic E-state index is -0.955. The second kappa shape index (κ2) is 40.7. The van der Waals surface area contributed by atoms with Crippen LogP contribution in [0.4, 0.5) is 0 Å². The number of carbonyl (C=O) groups is 2. The standard InChI is InChI=1S/C45H88O5/c1-4-5-6-7-8-9-10-11-16-20-23-26-29-32-35-38-44(47)49-40-43(46)41-50-45(48)39-36-33-30-27-24-21-18-15-13-12-14-17-19-22-25-28-31-34-37-42(2)3/h42-43,46H,4-41H2,1-3H3/t43-/m1/s1. The van der Waals surface area contributed by atoms with Crippen molar-refractivity contribution >= 4 is 11.9 Å². The minimum Gasteiger partial charge on any atom is -0.463 e. The molecule has 1 atom stereocenters. The molecular formula is C45H88O5. The highest BCUT2D eigenvalue weighted by atomic mass is 16.6. The first-order chi connectivity index (χ1) is 24.5. The van der Waals surface area contributed by atoms with E-state index in [4.69, 9.17) is 9.47 Å². The first-order valence-corrected chi connectivity index (χ1v) is 22.4. The van der Waals surface area contributed by atoms with Crippen molar-refractivity contribution in [3.8, 4) is 0 Å². The summed E-state index contributed by atoms with van der Waals surface area (Å²) in [6, 6.07) is 0. The Bertz CT molecular complexity index is 693. The predicted octanol–water partition coefficient (Wildman–Crippen LogP) is 14.2. The quantitative estimate of drug-likeness (QED) is 0.0505. The van der Waals surface area contributed by atoms with Crippen LogP contribution in [0.3, 0.4) is 0 Å². The summed E-state index contributed by atoms with van der Waals surface area (Å²) in [5, 5.41) is 10.0. The smallest absolute Gasteiger partial charge is 0.305 e. The Morgan fingerprint density at radius 3 is 0.900 bits per heavy atom. The molecule has 0 saturated heterocycles. The first kappa shape index (κ1) is 48.9. The third kappa shape index (κ3) is 41.3. The van der Waals surface area contributed by atoms with E-state index in [1.807, 2.05) is 0 Å². The van der Waals surface area contributed by atoms with Gasteiger partial charge in [0.2, 0.25) is 0 Å². The molecule has 1 N–H and O–H groups in total. The van der Waals surface area contributed by atoms with E-state index in [0.29, 0.717) is 12.8 Å². The van der Waals surface area contributed by atoms with E-state index in [0.717, 1.165) is 31.6 Å². The van der Waals surface area contributed by atoms with Crippen LogP contribution in [0.15, 0.2) is 0 Å². The number of esters is 2. The van der Waals surface area contributed by atoms with Crippen molar-refractivity contribution in [2.24, 2.45) is 5.92 Å². The van der Waals surface area contributed by atoms with Gasteiger partial charge in [-0.1, -0.05) is 226 Å². The summed E-state index contributed by atoms with van der Waals surface area (Å²) in [5.41, 5.74) is 0. The number of aliphatic hydroxyl groups is 1. The molecule has 0 amide bonds. The van der Waals surface area contributed by atoms with Crippen LogP contribution in [-0.2, 0) is 19.1 Å². The molecule has 0 unspecified atom stereocenters. The molecule has 50 heavy (non-hydrogen) atoms. The summed E-state index contributed by atoms with van der Waals surface area (Å²) in [4.78, 5) is 24.0. The molecule has 0 aromatic carbocycles. The van der Waals surface area contributed by atoms with Gasteiger partial charge in [-0.3, -0.25) is 9.59 Å². The van der Waals surface area contributed by atoms with Crippen molar-refractivity contribution in [2.75, 3.05) is 13.2 Å². The second-order valence-electron chi connectivity index (χ2n) is 16.0. The molecule has 0 saturated carbocycles. The molecule has 5 nitrogen and oxygen atoms in total. The van der Waals surface area contributed by atoms with Crippen molar-refractivity contribution in [2.45, 2.75) is 258 Å². The van der Waals surface area contributed by atoms with Gasteiger partial charge in [0.15, 0.2) is 0 Å². The lowest BCUT2D eigenvalue weighted by Gasteiger charge is -2.12. The molecule has 0 heterocycles. The molecule has 0 aliphatic carbocycles. The summed E-state index contributed by atoms with van der Waals surface area (Å²) in [6.07, 6.45) is 44.6. The molecule has 0 aromatic rings. The van der Waals surface area contributed by atoms with E-state index in [2.05, 4.69) is 20.8 Å². The van der Waals surface area contributed by atoms with Crippen LogP contribution >= 0.6 is 0 Å². The molecule has 5 heteroatoms. The average Bonchev–Trinajstić information content (AvgIpc) is 3.10. The van der Waals surface area contributed by atoms with Crippen molar-refractivity contribution in [1.29, 1.82) is 0 Å². The maximum Gasteiger partial charge on any atom is 0.305 e. The molecular weight excluding hydrogens is 620 g/mol. The van der Waals surface area contributed by atoms with Crippen molar-refractivity contribution < 1.29 is 24.2 Å². The van der Waals surface area contributed by atoms with E-state index in [1.165, 1.54) is 193 Å². The Morgan fingerprint density at radius 2 is 0.640 bits per heavy atom. The minimum absolute atomic E-state index is 0.107. The third-order valence-corrected chi connectivity index (χ3v) is 10.3. The fourth-order valence-corrected chi connectivity index (χ4v) is 6.86. The van der Waals surface area contributed by atoms with Crippen LogP contribution in [0.5, 0.6) is 0 Å². The second-order valence-corrected chi connectivity index (χ2v) is 16.0. The van der Waals surface area contributed by atoms with Crippen LogP contribution < -0.4 is 0 Å². The predicted molar refractivity (Wildman–Crippen MR) is 215 cm³/mol. The van der Waals surface area contributed by atoms with E-state index < -0.39 is 6.10 Å². The highest BCUT2D eigenvalue weighted by Crippen LogP contribution is 2.17. The van der Waals surface area contributed by atoms with Gasteiger partial charge in [0.25, 0.3) is 0 Å². The number of ether oxygens (including phenoxy) is 2. The molecule has 0 aliphatic heterocycles. The maximum atomic E-state index is 12.0. The highest BCUT2D eigenvalue weighted by Gasteiger charge is 2.12. The lowest BCUT2D eigenvalue weighted by molar-refractivity contribution is -0.152. The number of hydrogen-bond donors (Lipinski definition) is 1. The molecule has 0 aromatic heterocycles. The van der Waals surface area contributed by atoms with Gasteiger partial charge < -0.3 is 14.6 Å². The number of hydrogen-bond acceptors (Lipinski definition) is 5. The van der Waals surface area contributed by atoms with Gasteiger partial charge in [0.1, 0.15) is 19.3 Å². The zero-order valence-corrected chi connectivity index (χ0v) is 34.1. The summed E-state index contributed by atoms with van der Waals surface area (Å²) >= 11 is 0. The maximum absolute atomic E-state index is 12.0. The molecule has 0 aliphatic rings. The van der Waals surface area contributed by atoms with E-state index in [9.17, 15) is 14.7 Å². The molecule has 298 valence electrons. The number of carbonyl (C=O) groups excluding carboxylic acids is 2. The molecule has 0 bridgehead atoms. The van der Waals surface area contributed by atoms with Crippen LogP contribution in [0.2, 0.25) is 0 Å². The number of aliphatic hydroxyl groups excluding tert-OH is 1.